The summed E-state index contributed by atoms with van der Waals surface area (Å²) in [5.41, 5.74) is 8.61. The Morgan fingerprint density at radius 1 is 0.865 bits per heavy atom. The third-order valence-electron chi connectivity index (χ3n) is 6.86. The first-order chi connectivity index (χ1) is 17.4. The molecule has 0 fully saturated rings. The molecule has 5 aromatic rings. The smallest absolute Gasteiger partial charge is 0.140 e. The molecule has 0 amide bonds. The van der Waals surface area contributed by atoms with Crippen LogP contribution in [0.2, 0.25) is 0 Å². The number of phenolic OH excluding ortho intramolecular Hbond substituents is 1. The van der Waals surface area contributed by atoms with Gasteiger partial charge in [0.1, 0.15) is 17.1 Å². The first kappa shape index (κ1) is 25.0. The first-order valence-corrected chi connectivity index (χ1v) is 12.2. The molecule has 37 heavy (non-hydrogen) atoms. The molecule has 6 rings (SSSR count). The van der Waals surface area contributed by atoms with E-state index in [1.165, 1.54) is 5.56 Å². The summed E-state index contributed by atoms with van der Waals surface area (Å²) < 4.78 is 0. The molecule has 0 aliphatic carbocycles. The number of hydrogen-bond acceptors (Lipinski definition) is 5. The van der Waals surface area contributed by atoms with Crippen molar-refractivity contribution in [2.45, 2.75) is 26.7 Å². The number of pyridine rings is 2. The molecule has 0 saturated heterocycles. The number of aryl methyl sites for hydroxylation is 1. The van der Waals surface area contributed by atoms with E-state index in [9.17, 15) is 5.11 Å². The van der Waals surface area contributed by atoms with Crippen LogP contribution in [0.4, 0.5) is 28.6 Å². The Hall–Kier alpha value is -3.69. The molecule has 0 radical (unpaired) electrons. The van der Waals surface area contributed by atoms with E-state index in [0.717, 1.165) is 50.8 Å². The fraction of sp³-hybridized carbons (Fsp3) is 0.161. The summed E-state index contributed by atoms with van der Waals surface area (Å²) in [4.78, 5) is 14.0. The van der Waals surface area contributed by atoms with Crippen LogP contribution in [0.3, 0.4) is 0 Å². The van der Waals surface area contributed by atoms with Crippen LogP contribution in [0.5, 0.6) is 5.75 Å². The summed E-state index contributed by atoms with van der Waals surface area (Å²) >= 11 is 0. The molecule has 1 aliphatic heterocycles. The molecule has 3 heterocycles. The molecular weight excluding hydrogens is 639 g/mol. The Morgan fingerprint density at radius 2 is 1.65 bits per heavy atom. The van der Waals surface area contributed by atoms with E-state index in [0.29, 0.717) is 11.4 Å². The summed E-state index contributed by atoms with van der Waals surface area (Å²) in [5.74, 6) is 1.36. The van der Waals surface area contributed by atoms with Crippen molar-refractivity contribution >= 4 is 39.5 Å². The van der Waals surface area contributed by atoms with Gasteiger partial charge in [0.05, 0.1) is 11.4 Å². The molecule has 188 valence electrons. The van der Waals surface area contributed by atoms with E-state index in [2.05, 4.69) is 73.2 Å². The minimum Gasteiger partial charge on any atom is -0.506 e. The van der Waals surface area contributed by atoms with Crippen molar-refractivity contribution in [3.05, 3.63) is 96.2 Å². The molecule has 5 nitrogen and oxygen atoms in total. The van der Waals surface area contributed by atoms with E-state index in [-0.39, 0.29) is 26.8 Å². The van der Waals surface area contributed by atoms with Crippen molar-refractivity contribution in [2.24, 2.45) is 0 Å². The van der Waals surface area contributed by atoms with Gasteiger partial charge < -0.3 is 14.9 Å². The molecule has 0 spiro atoms. The number of rotatable bonds is 3. The second-order valence-electron chi connectivity index (χ2n) is 9.60. The summed E-state index contributed by atoms with van der Waals surface area (Å²) in [6.07, 6.45) is 1.89. The Bertz CT molecular complexity index is 1610. The van der Waals surface area contributed by atoms with Gasteiger partial charge in [0.2, 0.25) is 0 Å². The zero-order chi connectivity index (χ0) is 25.0. The average Bonchev–Trinajstić information content (AvgIpc) is 2.89. The minimum atomic E-state index is 0. The Morgan fingerprint density at radius 3 is 2.38 bits per heavy atom. The summed E-state index contributed by atoms with van der Waals surface area (Å²) in [6.45, 7) is 6.34. The van der Waals surface area contributed by atoms with E-state index >= 15 is 0 Å². The summed E-state index contributed by atoms with van der Waals surface area (Å²) in [5, 5.41) is 11.6. The van der Waals surface area contributed by atoms with E-state index < -0.39 is 0 Å². The number of aromatic nitrogens is 2. The maximum absolute atomic E-state index is 10.6. The van der Waals surface area contributed by atoms with Gasteiger partial charge in [0, 0.05) is 39.7 Å². The number of aromatic hydroxyl groups is 1. The SMILES string of the molecule is Cc1ccc(N2c3[c-]c(-c4ccc5c(C(C)C)ccc(O)c5n4)ccc3N(C)c3ccccc32)nc1.[Pt]. The van der Waals surface area contributed by atoms with Crippen molar-refractivity contribution in [3.63, 3.8) is 0 Å². The number of fused-ring (bicyclic) bond motifs is 3. The predicted molar refractivity (Wildman–Crippen MR) is 147 cm³/mol. The minimum absolute atomic E-state index is 0. The molecular formula is C31H27N4OPt-. The zero-order valence-electron chi connectivity index (χ0n) is 21.1. The third kappa shape index (κ3) is 4.18. The molecule has 0 unspecified atom stereocenters. The van der Waals surface area contributed by atoms with Gasteiger partial charge >= 0.3 is 0 Å². The average molecular weight is 667 g/mol. The standard InChI is InChI=1S/C31H27N4O.Pt/c1-19(2)22-12-15-29(36)31-23(22)11-13-24(33-31)21-10-14-26-28(17-21)35(30-16-9-20(3)18-32-30)27-8-6-5-7-25(27)34(26)4;/h5-16,18-19,36H,1-4H3;/q-1;. The van der Waals surface area contributed by atoms with Crippen LogP contribution in [0.15, 0.2) is 79.0 Å². The second-order valence-corrected chi connectivity index (χ2v) is 9.60. The molecule has 0 bridgehead atoms. The first-order valence-electron chi connectivity index (χ1n) is 12.2. The quantitative estimate of drug-likeness (QED) is 0.200. The maximum Gasteiger partial charge on any atom is 0.140 e. The van der Waals surface area contributed by atoms with Crippen LogP contribution in [0, 0.1) is 13.0 Å². The van der Waals surface area contributed by atoms with Gasteiger partial charge in [-0.15, -0.1) is 23.8 Å². The topological polar surface area (TPSA) is 52.5 Å². The molecule has 1 aliphatic rings. The van der Waals surface area contributed by atoms with Gasteiger partial charge in [0.15, 0.2) is 0 Å². The van der Waals surface area contributed by atoms with Gasteiger partial charge in [-0.3, -0.25) is 4.98 Å². The predicted octanol–water partition coefficient (Wildman–Crippen LogP) is 7.78. The number of hydrogen-bond donors (Lipinski definition) is 1. The van der Waals surface area contributed by atoms with Crippen LogP contribution >= 0.6 is 0 Å². The molecule has 2 aromatic heterocycles. The van der Waals surface area contributed by atoms with E-state index in [1.807, 2.05) is 43.5 Å². The van der Waals surface area contributed by atoms with Gasteiger partial charge in [-0.2, -0.15) is 0 Å². The third-order valence-corrected chi connectivity index (χ3v) is 6.86. The Labute approximate surface area is 231 Å². The fourth-order valence-corrected chi connectivity index (χ4v) is 4.96. The molecule has 3 aromatic carbocycles. The number of anilines is 5. The molecule has 0 atom stereocenters. The second kappa shape index (κ2) is 9.64. The maximum atomic E-state index is 10.6. The number of nitrogens with zero attached hydrogens (tertiary/aromatic N) is 4. The van der Waals surface area contributed by atoms with Gasteiger partial charge in [-0.25, -0.2) is 4.98 Å². The largest absolute Gasteiger partial charge is 0.506 e. The van der Waals surface area contributed by atoms with Crippen molar-refractivity contribution in [3.8, 4) is 17.0 Å². The Balaban J connectivity index is 0.00000280. The van der Waals surface area contributed by atoms with Crippen molar-refractivity contribution in [1.82, 2.24) is 9.97 Å². The van der Waals surface area contributed by atoms with Crippen LogP contribution in [0.1, 0.15) is 30.9 Å². The van der Waals surface area contributed by atoms with Crippen LogP contribution in [-0.2, 0) is 21.1 Å². The molecule has 0 saturated carbocycles. The zero-order valence-corrected chi connectivity index (χ0v) is 23.4. The van der Waals surface area contributed by atoms with Crippen molar-refractivity contribution in [1.29, 1.82) is 0 Å². The monoisotopic (exact) mass is 666 g/mol. The van der Waals surface area contributed by atoms with Gasteiger partial charge in [-0.05, 0) is 65.3 Å². The molecule has 1 N–H and O–H groups in total. The Kier molecular flexibility index (Phi) is 6.51. The number of para-hydroxylation sites is 2. The summed E-state index contributed by atoms with van der Waals surface area (Å²) in [7, 11) is 2.07. The van der Waals surface area contributed by atoms with Crippen LogP contribution < -0.4 is 9.80 Å². The van der Waals surface area contributed by atoms with Crippen LogP contribution in [-0.4, -0.2) is 22.1 Å². The normalized spacial score (nSPS) is 12.4. The van der Waals surface area contributed by atoms with Crippen molar-refractivity contribution < 1.29 is 26.2 Å². The van der Waals surface area contributed by atoms with Crippen LogP contribution in [0.25, 0.3) is 22.2 Å². The number of benzene rings is 3. The van der Waals surface area contributed by atoms with E-state index in [1.54, 1.807) is 6.07 Å². The van der Waals surface area contributed by atoms with Gasteiger partial charge in [0.25, 0.3) is 0 Å². The summed E-state index contributed by atoms with van der Waals surface area (Å²) in [6, 6.07) is 28.0. The molecule has 6 heteroatoms. The number of phenols is 1. The van der Waals surface area contributed by atoms with Gasteiger partial charge in [-0.1, -0.05) is 50.2 Å². The fourth-order valence-electron chi connectivity index (χ4n) is 4.96. The van der Waals surface area contributed by atoms with Crippen molar-refractivity contribution in [2.75, 3.05) is 16.8 Å². The van der Waals surface area contributed by atoms with E-state index in [4.69, 9.17) is 9.97 Å².